The molecule has 0 aliphatic carbocycles. The van der Waals surface area contributed by atoms with Crippen LogP contribution in [-0.2, 0) is 7.05 Å². The molecule has 0 unspecified atom stereocenters. The van der Waals surface area contributed by atoms with E-state index in [-0.39, 0.29) is 11.5 Å². The van der Waals surface area contributed by atoms with Crippen LogP contribution in [0.25, 0.3) is 0 Å². The average Bonchev–Trinajstić information content (AvgIpc) is 2.37. The number of nitrogens with zero attached hydrogens (tertiary/aromatic N) is 2. The second kappa shape index (κ2) is 4.70. The van der Waals surface area contributed by atoms with Crippen LogP contribution in [0.2, 0.25) is 0 Å². The van der Waals surface area contributed by atoms with E-state index in [1.807, 2.05) is 30.3 Å². The summed E-state index contributed by atoms with van der Waals surface area (Å²) in [5.74, 6) is -0.0321. The van der Waals surface area contributed by atoms with E-state index in [4.69, 9.17) is 5.73 Å². The molecule has 3 N–H and O–H groups in total. The van der Waals surface area contributed by atoms with Gasteiger partial charge in [0, 0.05) is 13.3 Å². The second-order valence-corrected chi connectivity index (χ2v) is 3.73. The molecule has 18 heavy (non-hydrogen) atoms. The smallest absolute Gasteiger partial charge is 0.329 e. The highest BCUT2D eigenvalue weighted by Gasteiger charge is 2.07. The van der Waals surface area contributed by atoms with Gasteiger partial charge in [-0.05, 0) is 5.56 Å². The molecule has 0 aliphatic rings. The summed E-state index contributed by atoms with van der Waals surface area (Å²) in [4.78, 5) is 29.4. The van der Waals surface area contributed by atoms with E-state index in [1.54, 1.807) is 0 Å². The van der Waals surface area contributed by atoms with Gasteiger partial charge in [0.25, 0.3) is 5.56 Å². The van der Waals surface area contributed by atoms with Crippen LogP contribution in [-0.4, -0.2) is 15.8 Å². The first kappa shape index (κ1) is 11.8. The molecule has 0 amide bonds. The highest BCUT2D eigenvalue weighted by atomic mass is 16.2. The van der Waals surface area contributed by atoms with E-state index < -0.39 is 11.2 Å². The van der Waals surface area contributed by atoms with Gasteiger partial charge in [-0.25, -0.2) is 9.79 Å². The Bertz CT molecular complexity index is 698. The predicted octanol–water partition coefficient (Wildman–Crippen LogP) is 0.406. The Kier molecular flexibility index (Phi) is 3.09. The molecular weight excluding hydrogens is 232 g/mol. The number of hydrogen-bond donors (Lipinski definition) is 2. The molecule has 0 radical (unpaired) electrons. The van der Waals surface area contributed by atoms with Gasteiger partial charge in [0.15, 0.2) is 5.69 Å². The number of aromatic amines is 1. The minimum absolute atomic E-state index is 0.0287. The van der Waals surface area contributed by atoms with Crippen molar-refractivity contribution in [3.8, 4) is 0 Å². The summed E-state index contributed by atoms with van der Waals surface area (Å²) >= 11 is 0. The van der Waals surface area contributed by atoms with Crippen LogP contribution >= 0.6 is 0 Å². The van der Waals surface area contributed by atoms with Crippen molar-refractivity contribution in [3.05, 3.63) is 56.7 Å². The van der Waals surface area contributed by atoms with E-state index in [0.717, 1.165) is 10.1 Å². The minimum Gasteiger partial charge on any atom is -0.383 e. The SMILES string of the molecule is Cn1c(=O)[nH]c(N)c(N=Cc2ccccc2)c1=O. The van der Waals surface area contributed by atoms with Crippen molar-refractivity contribution in [1.29, 1.82) is 0 Å². The number of hydrogen-bond acceptors (Lipinski definition) is 4. The fraction of sp³-hybridized carbons (Fsp3) is 0.0833. The molecule has 92 valence electrons. The number of H-pyrrole nitrogens is 1. The molecule has 0 fully saturated rings. The van der Waals surface area contributed by atoms with Gasteiger partial charge in [-0.1, -0.05) is 30.3 Å². The quantitative estimate of drug-likeness (QED) is 0.749. The molecule has 6 nitrogen and oxygen atoms in total. The van der Waals surface area contributed by atoms with Crippen LogP contribution < -0.4 is 17.0 Å². The van der Waals surface area contributed by atoms with Crippen molar-refractivity contribution >= 4 is 17.7 Å². The molecule has 0 bridgehead atoms. The zero-order chi connectivity index (χ0) is 13.1. The average molecular weight is 244 g/mol. The molecule has 1 aromatic heterocycles. The number of anilines is 1. The topological polar surface area (TPSA) is 93.2 Å². The van der Waals surface area contributed by atoms with E-state index in [9.17, 15) is 9.59 Å². The van der Waals surface area contributed by atoms with Crippen LogP contribution in [0.1, 0.15) is 5.56 Å². The standard InChI is InChI=1S/C12H12N4O2/c1-16-11(17)9(10(13)15-12(16)18)14-7-8-5-3-2-4-6-8/h2-7H,13H2,1H3,(H,15,18). The molecule has 0 spiro atoms. The maximum Gasteiger partial charge on any atom is 0.329 e. The molecule has 6 heteroatoms. The fourth-order valence-corrected chi connectivity index (χ4v) is 1.43. The molecular formula is C12H12N4O2. The van der Waals surface area contributed by atoms with E-state index >= 15 is 0 Å². The largest absolute Gasteiger partial charge is 0.383 e. The van der Waals surface area contributed by atoms with Crippen molar-refractivity contribution in [2.75, 3.05) is 5.73 Å². The Hall–Kier alpha value is -2.63. The van der Waals surface area contributed by atoms with Crippen LogP contribution in [0.3, 0.4) is 0 Å². The lowest BCUT2D eigenvalue weighted by atomic mass is 10.2. The third kappa shape index (κ3) is 2.22. The number of aliphatic imine (C=N–C) groups is 1. The van der Waals surface area contributed by atoms with E-state index in [2.05, 4.69) is 9.98 Å². The van der Waals surface area contributed by atoms with Gasteiger partial charge in [-0.3, -0.25) is 14.3 Å². The number of nitrogens with two attached hydrogens (primary N) is 1. The zero-order valence-electron chi connectivity index (χ0n) is 9.75. The van der Waals surface area contributed by atoms with Crippen molar-refractivity contribution in [1.82, 2.24) is 9.55 Å². The third-order valence-corrected chi connectivity index (χ3v) is 2.45. The molecule has 0 aliphatic heterocycles. The van der Waals surface area contributed by atoms with Gasteiger partial charge in [0.1, 0.15) is 5.82 Å². The number of rotatable bonds is 2. The lowest BCUT2D eigenvalue weighted by Crippen LogP contribution is -2.33. The normalized spacial score (nSPS) is 10.9. The van der Waals surface area contributed by atoms with Crippen molar-refractivity contribution in [3.63, 3.8) is 0 Å². The molecule has 2 aromatic rings. The maximum atomic E-state index is 11.8. The summed E-state index contributed by atoms with van der Waals surface area (Å²) < 4.78 is 0.925. The molecule has 1 heterocycles. The van der Waals surface area contributed by atoms with Gasteiger partial charge < -0.3 is 5.73 Å². The Morgan fingerprint density at radius 3 is 2.61 bits per heavy atom. The van der Waals surface area contributed by atoms with Gasteiger partial charge >= 0.3 is 5.69 Å². The molecule has 0 saturated heterocycles. The molecule has 0 atom stereocenters. The summed E-state index contributed by atoms with van der Waals surface area (Å²) in [6, 6.07) is 9.28. The summed E-state index contributed by atoms with van der Waals surface area (Å²) in [6.45, 7) is 0. The Morgan fingerprint density at radius 2 is 1.94 bits per heavy atom. The predicted molar refractivity (Wildman–Crippen MR) is 70.4 cm³/mol. The highest BCUT2D eigenvalue weighted by molar-refractivity contribution is 5.82. The van der Waals surface area contributed by atoms with Crippen molar-refractivity contribution < 1.29 is 0 Å². The van der Waals surface area contributed by atoms with Gasteiger partial charge in [-0.2, -0.15) is 0 Å². The zero-order valence-corrected chi connectivity index (χ0v) is 9.75. The first-order chi connectivity index (χ1) is 8.59. The molecule has 0 saturated carbocycles. The van der Waals surface area contributed by atoms with Crippen LogP contribution in [0.5, 0.6) is 0 Å². The van der Waals surface area contributed by atoms with E-state index in [0.29, 0.717) is 0 Å². The minimum atomic E-state index is -0.559. The van der Waals surface area contributed by atoms with Crippen molar-refractivity contribution in [2.45, 2.75) is 0 Å². The molecule has 2 rings (SSSR count). The number of nitrogens with one attached hydrogen (secondary N) is 1. The van der Waals surface area contributed by atoms with Gasteiger partial charge in [-0.15, -0.1) is 0 Å². The summed E-state index contributed by atoms with van der Waals surface area (Å²) in [7, 11) is 1.36. The Balaban J connectivity index is 2.48. The number of aromatic nitrogens is 2. The molecule has 1 aromatic carbocycles. The lowest BCUT2D eigenvalue weighted by molar-refractivity contribution is 0.780. The van der Waals surface area contributed by atoms with E-state index in [1.165, 1.54) is 13.3 Å². The first-order valence-electron chi connectivity index (χ1n) is 5.27. The summed E-state index contributed by atoms with van der Waals surface area (Å²) in [5, 5.41) is 0. The van der Waals surface area contributed by atoms with Crippen LogP contribution in [0, 0.1) is 0 Å². The monoisotopic (exact) mass is 244 g/mol. The highest BCUT2D eigenvalue weighted by Crippen LogP contribution is 2.10. The lowest BCUT2D eigenvalue weighted by Gasteiger charge is -2.01. The maximum absolute atomic E-state index is 11.8. The fourth-order valence-electron chi connectivity index (χ4n) is 1.43. The Morgan fingerprint density at radius 1 is 1.28 bits per heavy atom. The third-order valence-electron chi connectivity index (χ3n) is 2.45. The summed E-state index contributed by atoms with van der Waals surface area (Å²) in [6.07, 6.45) is 1.52. The van der Waals surface area contributed by atoms with Crippen LogP contribution in [0.4, 0.5) is 11.5 Å². The van der Waals surface area contributed by atoms with Crippen LogP contribution in [0.15, 0.2) is 44.9 Å². The van der Waals surface area contributed by atoms with Gasteiger partial charge in [0.05, 0.1) is 0 Å². The summed E-state index contributed by atoms with van der Waals surface area (Å²) in [5.41, 5.74) is 5.36. The van der Waals surface area contributed by atoms with Crippen molar-refractivity contribution in [2.24, 2.45) is 12.0 Å². The second-order valence-electron chi connectivity index (χ2n) is 3.73. The first-order valence-corrected chi connectivity index (χ1v) is 5.27. The Labute approximate surface area is 102 Å². The van der Waals surface area contributed by atoms with Gasteiger partial charge in [0.2, 0.25) is 0 Å². The number of nitrogen functional groups attached to an aromatic ring is 1. The number of benzene rings is 1.